The van der Waals surface area contributed by atoms with Crippen molar-refractivity contribution in [3.05, 3.63) is 0 Å². The molecule has 1 aliphatic rings. The van der Waals surface area contributed by atoms with E-state index in [0.717, 1.165) is 5.92 Å². The SMILES string of the molecule is CCC(C)NC1(C(C)C)CCCC1. The molecule has 0 heterocycles. The maximum atomic E-state index is 3.84. The minimum absolute atomic E-state index is 0.468. The highest BCUT2D eigenvalue weighted by molar-refractivity contribution is 4.96. The summed E-state index contributed by atoms with van der Waals surface area (Å²) < 4.78 is 0. The smallest absolute Gasteiger partial charge is 0.0206 e. The Bertz CT molecular complexity index is 145. The first-order valence-corrected chi connectivity index (χ1v) is 5.88. The zero-order valence-electron chi connectivity index (χ0n) is 9.69. The molecule has 1 saturated carbocycles. The molecule has 1 atom stereocenters. The lowest BCUT2D eigenvalue weighted by atomic mass is 9.84. The summed E-state index contributed by atoms with van der Waals surface area (Å²) in [7, 11) is 0. The molecule has 0 bridgehead atoms. The molecule has 0 amide bonds. The van der Waals surface area contributed by atoms with Crippen LogP contribution < -0.4 is 5.32 Å². The molecule has 0 radical (unpaired) electrons. The molecule has 1 aliphatic carbocycles. The molecule has 0 aromatic rings. The van der Waals surface area contributed by atoms with Gasteiger partial charge in [-0.15, -0.1) is 0 Å². The Hall–Kier alpha value is -0.0400. The number of nitrogens with one attached hydrogen (secondary N) is 1. The van der Waals surface area contributed by atoms with Crippen molar-refractivity contribution < 1.29 is 0 Å². The van der Waals surface area contributed by atoms with E-state index in [1.807, 2.05) is 0 Å². The Balaban J connectivity index is 2.57. The highest BCUT2D eigenvalue weighted by Gasteiger charge is 2.36. The summed E-state index contributed by atoms with van der Waals surface area (Å²) in [6.45, 7) is 9.30. The molecule has 0 aromatic heterocycles. The first kappa shape index (κ1) is 11.0. The summed E-state index contributed by atoms with van der Waals surface area (Å²) in [5.74, 6) is 0.781. The van der Waals surface area contributed by atoms with E-state index < -0.39 is 0 Å². The molecule has 0 saturated heterocycles. The maximum Gasteiger partial charge on any atom is 0.0206 e. The fourth-order valence-corrected chi connectivity index (χ4v) is 2.49. The van der Waals surface area contributed by atoms with Crippen molar-refractivity contribution in [1.82, 2.24) is 5.32 Å². The van der Waals surface area contributed by atoms with Crippen LogP contribution in [0.4, 0.5) is 0 Å². The van der Waals surface area contributed by atoms with E-state index in [1.54, 1.807) is 0 Å². The molecule has 1 unspecified atom stereocenters. The minimum Gasteiger partial charge on any atom is -0.309 e. The Morgan fingerprint density at radius 1 is 1.15 bits per heavy atom. The third-order valence-corrected chi connectivity index (χ3v) is 3.75. The second kappa shape index (κ2) is 4.45. The Kier molecular flexibility index (Phi) is 3.78. The molecular formula is C12H25N. The van der Waals surface area contributed by atoms with Crippen LogP contribution in [0.25, 0.3) is 0 Å². The third kappa shape index (κ3) is 2.46. The quantitative estimate of drug-likeness (QED) is 0.705. The lowest BCUT2D eigenvalue weighted by Gasteiger charge is -2.37. The third-order valence-electron chi connectivity index (χ3n) is 3.75. The van der Waals surface area contributed by atoms with Gasteiger partial charge in [-0.2, -0.15) is 0 Å². The van der Waals surface area contributed by atoms with Crippen molar-refractivity contribution in [3.63, 3.8) is 0 Å². The van der Waals surface area contributed by atoms with Crippen LogP contribution in [0.1, 0.15) is 59.8 Å². The molecule has 1 nitrogen and oxygen atoms in total. The lowest BCUT2D eigenvalue weighted by Crippen LogP contribution is -2.51. The van der Waals surface area contributed by atoms with Crippen molar-refractivity contribution in [3.8, 4) is 0 Å². The normalized spacial score (nSPS) is 23.8. The predicted molar refractivity (Wildman–Crippen MR) is 58.9 cm³/mol. The fourth-order valence-electron chi connectivity index (χ4n) is 2.49. The van der Waals surface area contributed by atoms with Gasteiger partial charge in [0.15, 0.2) is 0 Å². The average molecular weight is 183 g/mol. The molecular weight excluding hydrogens is 158 g/mol. The lowest BCUT2D eigenvalue weighted by molar-refractivity contribution is 0.216. The summed E-state index contributed by atoms with van der Waals surface area (Å²) in [4.78, 5) is 0. The standard InChI is InChI=1S/C12H25N/c1-5-11(4)13-12(10(2)3)8-6-7-9-12/h10-11,13H,5-9H2,1-4H3. The molecule has 0 aliphatic heterocycles. The van der Waals surface area contributed by atoms with Crippen molar-refractivity contribution in [2.75, 3.05) is 0 Å². The number of rotatable bonds is 4. The van der Waals surface area contributed by atoms with Gasteiger partial charge in [-0.3, -0.25) is 0 Å². The molecule has 1 fully saturated rings. The Labute approximate surface area is 83.3 Å². The summed E-state index contributed by atoms with van der Waals surface area (Å²) >= 11 is 0. The van der Waals surface area contributed by atoms with Gasteiger partial charge >= 0.3 is 0 Å². The summed E-state index contributed by atoms with van der Waals surface area (Å²) in [6.07, 6.45) is 6.85. The number of hydrogen-bond acceptors (Lipinski definition) is 1. The highest BCUT2D eigenvalue weighted by atomic mass is 15.0. The van der Waals surface area contributed by atoms with Gasteiger partial charge in [0.05, 0.1) is 0 Å². The van der Waals surface area contributed by atoms with E-state index >= 15 is 0 Å². The van der Waals surface area contributed by atoms with Crippen molar-refractivity contribution in [1.29, 1.82) is 0 Å². The van der Waals surface area contributed by atoms with Crippen LogP contribution in [0.3, 0.4) is 0 Å². The molecule has 13 heavy (non-hydrogen) atoms. The first-order chi connectivity index (χ1) is 6.10. The fraction of sp³-hybridized carbons (Fsp3) is 1.00. The van der Waals surface area contributed by atoms with E-state index in [2.05, 4.69) is 33.0 Å². The van der Waals surface area contributed by atoms with Crippen molar-refractivity contribution >= 4 is 0 Å². The van der Waals surface area contributed by atoms with Gasteiger partial charge in [-0.05, 0) is 32.1 Å². The van der Waals surface area contributed by atoms with Crippen molar-refractivity contribution in [2.24, 2.45) is 5.92 Å². The topological polar surface area (TPSA) is 12.0 Å². The van der Waals surface area contributed by atoms with Gasteiger partial charge in [0.25, 0.3) is 0 Å². The van der Waals surface area contributed by atoms with Crippen LogP contribution in [0.15, 0.2) is 0 Å². The summed E-state index contributed by atoms with van der Waals surface area (Å²) in [5, 5.41) is 3.84. The minimum atomic E-state index is 0.468. The second-order valence-corrected chi connectivity index (χ2v) is 4.97. The summed E-state index contributed by atoms with van der Waals surface area (Å²) in [6, 6.07) is 0.681. The van der Waals surface area contributed by atoms with Crippen LogP contribution in [0.5, 0.6) is 0 Å². The molecule has 0 spiro atoms. The predicted octanol–water partition coefficient (Wildman–Crippen LogP) is 3.34. The van der Waals surface area contributed by atoms with E-state index in [1.165, 1.54) is 32.1 Å². The average Bonchev–Trinajstić information content (AvgIpc) is 2.54. The van der Waals surface area contributed by atoms with Gasteiger partial charge in [-0.25, -0.2) is 0 Å². The van der Waals surface area contributed by atoms with Gasteiger partial charge in [0.2, 0.25) is 0 Å². The highest BCUT2D eigenvalue weighted by Crippen LogP contribution is 2.36. The molecule has 1 heteroatoms. The van der Waals surface area contributed by atoms with Crippen LogP contribution in [0.2, 0.25) is 0 Å². The monoisotopic (exact) mass is 183 g/mol. The van der Waals surface area contributed by atoms with E-state index in [0.29, 0.717) is 11.6 Å². The largest absolute Gasteiger partial charge is 0.309 e. The van der Waals surface area contributed by atoms with E-state index in [4.69, 9.17) is 0 Å². The van der Waals surface area contributed by atoms with Gasteiger partial charge < -0.3 is 5.32 Å². The first-order valence-electron chi connectivity index (χ1n) is 5.88. The van der Waals surface area contributed by atoms with Gasteiger partial charge in [-0.1, -0.05) is 33.6 Å². The van der Waals surface area contributed by atoms with Crippen LogP contribution in [0, 0.1) is 5.92 Å². The zero-order valence-corrected chi connectivity index (χ0v) is 9.69. The van der Waals surface area contributed by atoms with Gasteiger partial charge in [0, 0.05) is 11.6 Å². The number of hydrogen-bond donors (Lipinski definition) is 1. The van der Waals surface area contributed by atoms with Crippen LogP contribution in [-0.4, -0.2) is 11.6 Å². The van der Waals surface area contributed by atoms with E-state index in [-0.39, 0.29) is 0 Å². The molecule has 1 rings (SSSR count). The Morgan fingerprint density at radius 3 is 2.08 bits per heavy atom. The zero-order chi connectivity index (χ0) is 9.90. The van der Waals surface area contributed by atoms with Gasteiger partial charge in [0.1, 0.15) is 0 Å². The van der Waals surface area contributed by atoms with Crippen LogP contribution in [-0.2, 0) is 0 Å². The second-order valence-electron chi connectivity index (χ2n) is 4.97. The van der Waals surface area contributed by atoms with Crippen molar-refractivity contribution in [2.45, 2.75) is 71.4 Å². The summed E-state index contributed by atoms with van der Waals surface area (Å²) in [5.41, 5.74) is 0.468. The Morgan fingerprint density at radius 2 is 1.69 bits per heavy atom. The van der Waals surface area contributed by atoms with Crippen LogP contribution >= 0.6 is 0 Å². The maximum absolute atomic E-state index is 3.84. The van der Waals surface area contributed by atoms with E-state index in [9.17, 15) is 0 Å². The molecule has 78 valence electrons. The molecule has 1 N–H and O–H groups in total. The molecule has 0 aromatic carbocycles.